The van der Waals surface area contributed by atoms with Crippen LogP contribution in [0.5, 0.6) is 0 Å². The summed E-state index contributed by atoms with van der Waals surface area (Å²) in [5.74, 6) is 0.912. The van der Waals surface area contributed by atoms with Crippen LogP contribution in [0.2, 0.25) is 10.0 Å². The fourth-order valence-electron chi connectivity index (χ4n) is 2.62. The van der Waals surface area contributed by atoms with Crippen LogP contribution in [0.15, 0.2) is 18.6 Å². The van der Waals surface area contributed by atoms with Gasteiger partial charge in [-0.25, -0.2) is 4.98 Å². The summed E-state index contributed by atoms with van der Waals surface area (Å²) in [4.78, 5) is 11.0. The van der Waals surface area contributed by atoms with Gasteiger partial charge in [-0.1, -0.05) is 29.6 Å². The molecule has 3 heterocycles. The van der Waals surface area contributed by atoms with Gasteiger partial charge in [0.1, 0.15) is 12.2 Å². The van der Waals surface area contributed by atoms with Gasteiger partial charge in [-0.15, -0.1) is 0 Å². The fourth-order valence-corrected chi connectivity index (χ4v) is 3.06. The van der Waals surface area contributed by atoms with E-state index in [2.05, 4.69) is 25.1 Å². The van der Waals surface area contributed by atoms with E-state index in [0.717, 1.165) is 24.5 Å². The molecule has 1 aliphatic rings. The Morgan fingerprint density at radius 1 is 1.30 bits per heavy atom. The Morgan fingerprint density at radius 2 is 2.20 bits per heavy atom. The Kier molecular flexibility index (Phi) is 4.19. The molecule has 2 aromatic rings. The molecule has 1 N–H and O–H groups in total. The highest BCUT2D eigenvalue weighted by Gasteiger charge is 2.26. The molecule has 0 bridgehead atoms. The monoisotopic (exact) mass is 311 g/mol. The maximum absolute atomic E-state index is 6.21. The average Bonchev–Trinajstić information content (AvgIpc) is 2.96. The Balaban J connectivity index is 1.80. The maximum atomic E-state index is 6.21. The van der Waals surface area contributed by atoms with Gasteiger partial charge in [-0.3, -0.25) is 15.0 Å². The first-order valence-corrected chi connectivity index (χ1v) is 7.39. The topological polar surface area (TPSA) is 57.7 Å². The highest BCUT2D eigenvalue weighted by molar-refractivity contribution is 6.34. The molecule has 1 saturated heterocycles. The third kappa shape index (κ3) is 2.95. The molecule has 20 heavy (non-hydrogen) atoms. The first kappa shape index (κ1) is 13.8. The lowest BCUT2D eigenvalue weighted by Crippen LogP contribution is -2.34. The SMILES string of the molecule is Clc1cnc(CN2CCCCC2c2ncn[nH]2)c(Cl)c1. The molecule has 0 spiro atoms. The van der Waals surface area contributed by atoms with Gasteiger partial charge < -0.3 is 0 Å². The van der Waals surface area contributed by atoms with Crippen LogP contribution in [-0.4, -0.2) is 31.6 Å². The summed E-state index contributed by atoms with van der Waals surface area (Å²) < 4.78 is 0. The Bertz CT molecular complexity index is 572. The Hall–Kier alpha value is -1.17. The second kappa shape index (κ2) is 6.08. The summed E-state index contributed by atoms with van der Waals surface area (Å²) in [5, 5.41) is 8.09. The van der Waals surface area contributed by atoms with E-state index in [1.165, 1.54) is 12.8 Å². The van der Waals surface area contributed by atoms with Crippen LogP contribution in [0.1, 0.15) is 36.8 Å². The molecule has 5 nitrogen and oxygen atoms in total. The zero-order valence-corrected chi connectivity index (χ0v) is 12.4. The molecule has 1 atom stereocenters. The van der Waals surface area contributed by atoms with Crippen molar-refractivity contribution in [2.45, 2.75) is 31.8 Å². The van der Waals surface area contributed by atoms with Crippen molar-refractivity contribution in [2.75, 3.05) is 6.54 Å². The number of aromatic nitrogens is 4. The molecule has 0 saturated carbocycles. The molecular formula is C13H15Cl2N5. The van der Waals surface area contributed by atoms with E-state index >= 15 is 0 Å². The molecule has 1 aliphatic heterocycles. The second-order valence-corrected chi connectivity index (χ2v) is 5.78. The van der Waals surface area contributed by atoms with Gasteiger partial charge in [-0.05, 0) is 25.5 Å². The minimum absolute atomic E-state index is 0.250. The predicted octanol–water partition coefficient (Wildman–Crippen LogP) is 3.23. The quantitative estimate of drug-likeness (QED) is 0.945. The van der Waals surface area contributed by atoms with Crippen LogP contribution >= 0.6 is 23.2 Å². The van der Waals surface area contributed by atoms with Crippen LogP contribution < -0.4 is 0 Å². The van der Waals surface area contributed by atoms with E-state index in [1.54, 1.807) is 18.6 Å². The number of nitrogens with zero attached hydrogens (tertiary/aromatic N) is 4. The number of rotatable bonds is 3. The van der Waals surface area contributed by atoms with Crippen molar-refractivity contribution in [3.63, 3.8) is 0 Å². The van der Waals surface area contributed by atoms with Gasteiger partial charge in [0.15, 0.2) is 0 Å². The van der Waals surface area contributed by atoms with Crippen molar-refractivity contribution >= 4 is 23.2 Å². The number of H-pyrrole nitrogens is 1. The molecule has 3 rings (SSSR count). The number of hydrogen-bond acceptors (Lipinski definition) is 4. The van der Waals surface area contributed by atoms with Crippen LogP contribution in [0.25, 0.3) is 0 Å². The van der Waals surface area contributed by atoms with E-state index in [-0.39, 0.29) is 6.04 Å². The molecule has 0 aliphatic carbocycles. The van der Waals surface area contributed by atoms with Gasteiger partial charge in [0.05, 0.1) is 21.8 Å². The number of aromatic amines is 1. The van der Waals surface area contributed by atoms with E-state index in [4.69, 9.17) is 23.2 Å². The van der Waals surface area contributed by atoms with Crippen LogP contribution in [-0.2, 0) is 6.54 Å². The molecule has 1 fully saturated rings. The molecule has 106 valence electrons. The Morgan fingerprint density at radius 3 is 2.95 bits per heavy atom. The van der Waals surface area contributed by atoms with Gasteiger partial charge in [0.25, 0.3) is 0 Å². The fraction of sp³-hybridized carbons (Fsp3) is 0.462. The van der Waals surface area contributed by atoms with Crippen molar-refractivity contribution in [1.29, 1.82) is 0 Å². The van der Waals surface area contributed by atoms with Crippen molar-refractivity contribution in [3.05, 3.63) is 40.2 Å². The molecule has 0 amide bonds. The average molecular weight is 312 g/mol. The van der Waals surface area contributed by atoms with Crippen molar-refractivity contribution in [3.8, 4) is 0 Å². The number of halogens is 2. The van der Waals surface area contributed by atoms with Crippen molar-refractivity contribution < 1.29 is 0 Å². The smallest absolute Gasteiger partial charge is 0.141 e. The van der Waals surface area contributed by atoms with Crippen molar-refractivity contribution in [2.24, 2.45) is 0 Å². The summed E-state index contributed by atoms with van der Waals surface area (Å²) in [6.45, 7) is 1.70. The number of hydrogen-bond donors (Lipinski definition) is 1. The normalized spacial score (nSPS) is 20.2. The predicted molar refractivity (Wildman–Crippen MR) is 77.6 cm³/mol. The third-order valence-corrected chi connectivity index (χ3v) is 4.13. The molecule has 2 aromatic heterocycles. The van der Waals surface area contributed by atoms with Crippen LogP contribution in [0, 0.1) is 0 Å². The Labute approximate surface area is 127 Å². The van der Waals surface area contributed by atoms with E-state index < -0.39 is 0 Å². The first-order chi connectivity index (χ1) is 9.74. The highest BCUT2D eigenvalue weighted by atomic mass is 35.5. The summed E-state index contributed by atoms with van der Waals surface area (Å²) >= 11 is 12.1. The van der Waals surface area contributed by atoms with Gasteiger partial charge in [0, 0.05) is 12.7 Å². The molecule has 0 aromatic carbocycles. The van der Waals surface area contributed by atoms with Gasteiger partial charge >= 0.3 is 0 Å². The molecule has 0 radical (unpaired) electrons. The summed E-state index contributed by atoms with van der Waals surface area (Å²) in [5.41, 5.74) is 0.850. The lowest BCUT2D eigenvalue weighted by atomic mass is 10.0. The number of likely N-dealkylation sites (tertiary alicyclic amines) is 1. The molecule has 7 heteroatoms. The lowest BCUT2D eigenvalue weighted by Gasteiger charge is -2.34. The van der Waals surface area contributed by atoms with E-state index in [0.29, 0.717) is 16.6 Å². The summed E-state index contributed by atoms with van der Waals surface area (Å²) in [7, 11) is 0. The zero-order chi connectivity index (χ0) is 13.9. The van der Waals surface area contributed by atoms with E-state index in [1.807, 2.05) is 0 Å². The molecular weight excluding hydrogens is 297 g/mol. The van der Waals surface area contributed by atoms with E-state index in [9.17, 15) is 0 Å². The second-order valence-electron chi connectivity index (χ2n) is 4.93. The highest BCUT2D eigenvalue weighted by Crippen LogP contribution is 2.31. The van der Waals surface area contributed by atoms with Gasteiger partial charge in [0.2, 0.25) is 0 Å². The van der Waals surface area contributed by atoms with Crippen LogP contribution in [0.3, 0.4) is 0 Å². The summed E-state index contributed by atoms with van der Waals surface area (Å²) in [6.07, 6.45) is 6.63. The third-order valence-electron chi connectivity index (χ3n) is 3.60. The van der Waals surface area contributed by atoms with Crippen LogP contribution in [0.4, 0.5) is 0 Å². The molecule has 1 unspecified atom stereocenters. The minimum atomic E-state index is 0.250. The van der Waals surface area contributed by atoms with Gasteiger partial charge in [-0.2, -0.15) is 5.10 Å². The zero-order valence-electron chi connectivity index (χ0n) is 10.9. The standard InChI is InChI=1S/C13H15Cl2N5/c14-9-5-10(15)11(16-6-9)7-20-4-2-1-3-12(20)13-17-8-18-19-13/h5-6,8,12H,1-4,7H2,(H,17,18,19). The maximum Gasteiger partial charge on any atom is 0.141 e. The largest absolute Gasteiger partial charge is 0.287 e. The minimum Gasteiger partial charge on any atom is -0.287 e. The first-order valence-electron chi connectivity index (χ1n) is 6.63. The number of pyridine rings is 1. The lowest BCUT2D eigenvalue weighted by molar-refractivity contribution is 0.132. The number of nitrogens with one attached hydrogen (secondary N) is 1. The number of piperidine rings is 1. The summed E-state index contributed by atoms with van der Waals surface area (Å²) in [6, 6.07) is 1.98. The van der Waals surface area contributed by atoms with Crippen molar-refractivity contribution in [1.82, 2.24) is 25.1 Å².